The van der Waals surface area contributed by atoms with Gasteiger partial charge < -0.3 is 10.1 Å². The Kier molecular flexibility index (Phi) is 3.22. The highest BCUT2D eigenvalue weighted by atomic mass is 16.5. The van der Waals surface area contributed by atoms with Crippen LogP contribution in [0.15, 0.2) is 24.3 Å². The van der Waals surface area contributed by atoms with Gasteiger partial charge in [-0.05, 0) is 12.1 Å². The molecule has 1 unspecified atom stereocenters. The highest BCUT2D eigenvalue weighted by molar-refractivity contribution is 5.83. The molecule has 1 aromatic carbocycles. The van der Waals surface area contributed by atoms with Crippen molar-refractivity contribution in [3.05, 3.63) is 24.3 Å². The van der Waals surface area contributed by atoms with E-state index in [0.29, 0.717) is 11.0 Å². The van der Waals surface area contributed by atoms with Crippen LogP contribution < -0.4 is 5.32 Å². The summed E-state index contributed by atoms with van der Waals surface area (Å²) in [6.07, 6.45) is -1.01. The van der Waals surface area contributed by atoms with Crippen molar-refractivity contribution in [2.24, 2.45) is 0 Å². The molecule has 1 N–H and O–H groups in total. The van der Waals surface area contributed by atoms with Crippen LogP contribution >= 0.6 is 0 Å². The van der Waals surface area contributed by atoms with Crippen molar-refractivity contribution < 1.29 is 14.3 Å². The second-order valence-corrected chi connectivity index (χ2v) is 3.65. The number of carbonyl (C=O) groups excluding carboxylic acids is 2. The van der Waals surface area contributed by atoms with Crippen LogP contribution in [0.5, 0.6) is 0 Å². The molecule has 1 amide bonds. The van der Waals surface area contributed by atoms with Gasteiger partial charge >= 0.3 is 5.97 Å². The van der Waals surface area contributed by atoms with Crippen molar-refractivity contribution >= 4 is 22.9 Å². The molecule has 1 aromatic heterocycles. The molecule has 0 aliphatic heterocycles. The Morgan fingerprint density at radius 1 is 1.39 bits per heavy atom. The normalized spacial score (nSPS) is 12.1. The molecule has 7 heteroatoms. The van der Waals surface area contributed by atoms with E-state index in [1.54, 1.807) is 18.2 Å². The predicted molar refractivity (Wildman–Crippen MR) is 62.4 cm³/mol. The summed E-state index contributed by atoms with van der Waals surface area (Å²) in [6, 6.07) is 7.13. The zero-order valence-corrected chi connectivity index (χ0v) is 9.95. The number of hydrogen-bond acceptors (Lipinski definition) is 5. The van der Waals surface area contributed by atoms with Crippen LogP contribution in [0, 0.1) is 0 Å². The molecule has 94 valence electrons. The number of carbonyl (C=O) groups is 2. The minimum atomic E-state index is -1.01. The van der Waals surface area contributed by atoms with Gasteiger partial charge in [0.15, 0.2) is 0 Å². The Labute approximate surface area is 103 Å². The molecule has 7 nitrogen and oxygen atoms in total. The first-order valence-corrected chi connectivity index (χ1v) is 5.28. The fraction of sp³-hybridized carbons (Fsp3) is 0.273. The number of hydrogen-bond donors (Lipinski definition) is 1. The number of methoxy groups -OCH3 is 1. The lowest BCUT2D eigenvalue weighted by atomic mass is 10.3. The maximum absolute atomic E-state index is 11.7. The Hall–Kier alpha value is -2.44. The van der Waals surface area contributed by atoms with Gasteiger partial charge in [-0.3, -0.25) is 4.79 Å². The number of benzene rings is 1. The number of nitrogens with zero attached hydrogens (tertiary/aromatic N) is 3. The average Bonchev–Trinajstić information content (AvgIpc) is 2.78. The second kappa shape index (κ2) is 4.82. The minimum Gasteiger partial charge on any atom is -0.466 e. The van der Waals surface area contributed by atoms with Crippen molar-refractivity contribution in [3.63, 3.8) is 0 Å². The molecule has 0 fully saturated rings. The molecule has 0 radical (unpaired) electrons. The van der Waals surface area contributed by atoms with E-state index in [2.05, 4.69) is 20.4 Å². The SMILES string of the molecule is COC(=O)C(NC(C)=O)n1nnc2ccccc21. The van der Waals surface area contributed by atoms with E-state index in [0.717, 1.165) is 0 Å². The lowest BCUT2D eigenvalue weighted by molar-refractivity contribution is -0.147. The zero-order chi connectivity index (χ0) is 13.1. The number of esters is 1. The Morgan fingerprint density at radius 2 is 2.11 bits per heavy atom. The monoisotopic (exact) mass is 248 g/mol. The molecular formula is C11H12N4O3. The molecule has 2 aromatic rings. The topological polar surface area (TPSA) is 86.1 Å². The summed E-state index contributed by atoms with van der Waals surface area (Å²) in [5, 5.41) is 10.3. The van der Waals surface area contributed by atoms with E-state index >= 15 is 0 Å². The van der Waals surface area contributed by atoms with Gasteiger partial charge in [0.2, 0.25) is 12.1 Å². The van der Waals surface area contributed by atoms with Crippen molar-refractivity contribution in [1.82, 2.24) is 20.3 Å². The van der Waals surface area contributed by atoms with Crippen LogP contribution in [-0.4, -0.2) is 34.0 Å². The fourth-order valence-electron chi connectivity index (χ4n) is 1.60. The lowest BCUT2D eigenvalue weighted by Gasteiger charge is -2.15. The quantitative estimate of drug-likeness (QED) is 0.786. The first-order chi connectivity index (χ1) is 8.63. The molecule has 18 heavy (non-hydrogen) atoms. The third-order valence-corrected chi connectivity index (χ3v) is 2.39. The predicted octanol–water partition coefficient (Wildman–Crippen LogP) is 0.239. The molecule has 0 spiro atoms. The zero-order valence-electron chi connectivity index (χ0n) is 9.95. The molecule has 0 saturated carbocycles. The van der Waals surface area contributed by atoms with E-state index in [4.69, 9.17) is 0 Å². The van der Waals surface area contributed by atoms with Gasteiger partial charge in [0.25, 0.3) is 0 Å². The smallest absolute Gasteiger partial charge is 0.351 e. The number of nitrogens with one attached hydrogen (secondary N) is 1. The maximum atomic E-state index is 11.7. The van der Waals surface area contributed by atoms with Gasteiger partial charge in [-0.2, -0.15) is 0 Å². The summed E-state index contributed by atoms with van der Waals surface area (Å²) in [6.45, 7) is 1.31. The highest BCUT2D eigenvalue weighted by Gasteiger charge is 2.25. The van der Waals surface area contributed by atoms with E-state index in [-0.39, 0.29) is 5.91 Å². The fourth-order valence-corrected chi connectivity index (χ4v) is 1.60. The lowest BCUT2D eigenvalue weighted by Crippen LogP contribution is -2.37. The summed E-state index contributed by atoms with van der Waals surface area (Å²) in [5.41, 5.74) is 1.28. The van der Waals surface area contributed by atoms with Crippen molar-refractivity contribution in [1.29, 1.82) is 0 Å². The van der Waals surface area contributed by atoms with Crippen LogP contribution in [0.25, 0.3) is 11.0 Å². The molecule has 1 heterocycles. The third kappa shape index (κ3) is 2.15. The van der Waals surface area contributed by atoms with Gasteiger partial charge in [-0.25, -0.2) is 9.48 Å². The molecule has 2 rings (SSSR count). The highest BCUT2D eigenvalue weighted by Crippen LogP contribution is 2.14. The van der Waals surface area contributed by atoms with Crippen LogP contribution in [0.3, 0.4) is 0 Å². The van der Waals surface area contributed by atoms with Crippen molar-refractivity contribution in [2.45, 2.75) is 13.1 Å². The number of ether oxygens (including phenoxy) is 1. The van der Waals surface area contributed by atoms with Gasteiger partial charge in [0.1, 0.15) is 5.52 Å². The Bertz CT molecular complexity index is 593. The number of rotatable bonds is 3. The van der Waals surface area contributed by atoms with Gasteiger partial charge in [-0.15, -0.1) is 5.10 Å². The first-order valence-electron chi connectivity index (χ1n) is 5.28. The molecule has 1 atom stereocenters. The first kappa shape index (κ1) is 12.0. The van der Waals surface area contributed by atoms with E-state index < -0.39 is 12.1 Å². The van der Waals surface area contributed by atoms with E-state index in [1.165, 1.54) is 18.7 Å². The second-order valence-electron chi connectivity index (χ2n) is 3.65. The van der Waals surface area contributed by atoms with Crippen LogP contribution in [-0.2, 0) is 14.3 Å². The molecular weight excluding hydrogens is 236 g/mol. The number of fused-ring (bicyclic) bond motifs is 1. The van der Waals surface area contributed by atoms with Gasteiger partial charge in [0.05, 0.1) is 12.6 Å². The molecule has 0 bridgehead atoms. The van der Waals surface area contributed by atoms with E-state index in [1.807, 2.05) is 6.07 Å². The number of aromatic nitrogens is 3. The Morgan fingerprint density at radius 3 is 2.78 bits per heavy atom. The van der Waals surface area contributed by atoms with E-state index in [9.17, 15) is 9.59 Å². The molecule has 0 saturated heterocycles. The van der Waals surface area contributed by atoms with Gasteiger partial charge in [0, 0.05) is 6.92 Å². The average molecular weight is 248 g/mol. The van der Waals surface area contributed by atoms with Crippen LogP contribution in [0.4, 0.5) is 0 Å². The third-order valence-electron chi connectivity index (χ3n) is 2.39. The van der Waals surface area contributed by atoms with Gasteiger partial charge in [-0.1, -0.05) is 17.3 Å². The summed E-state index contributed by atoms with van der Waals surface area (Å²) in [7, 11) is 1.25. The van der Waals surface area contributed by atoms with Crippen LogP contribution in [0.2, 0.25) is 0 Å². The summed E-state index contributed by atoms with van der Waals surface area (Å²) >= 11 is 0. The Balaban J connectivity index is 2.47. The number of para-hydroxylation sites is 1. The van der Waals surface area contributed by atoms with Crippen molar-refractivity contribution in [2.75, 3.05) is 7.11 Å². The molecule has 0 aliphatic rings. The largest absolute Gasteiger partial charge is 0.466 e. The maximum Gasteiger partial charge on any atom is 0.351 e. The summed E-state index contributed by atoms with van der Waals surface area (Å²) in [4.78, 5) is 22.8. The van der Waals surface area contributed by atoms with Crippen molar-refractivity contribution in [3.8, 4) is 0 Å². The summed E-state index contributed by atoms with van der Waals surface area (Å²) < 4.78 is 5.97. The standard InChI is InChI=1S/C11H12N4O3/c1-7(16)12-10(11(17)18-2)15-9-6-4-3-5-8(9)13-14-15/h3-6,10H,1-2H3,(H,12,16). The number of amides is 1. The minimum absolute atomic E-state index is 0.356. The van der Waals surface area contributed by atoms with Crippen LogP contribution in [0.1, 0.15) is 13.1 Å². The molecule has 0 aliphatic carbocycles. The summed E-state index contributed by atoms with van der Waals surface area (Å²) in [5.74, 6) is -0.967.